The molecule has 0 atom stereocenters. The van der Waals surface area contributed by atoms with Gasteiger partial charge in [-0.1, -0.05) is 18.2 Å². The molecule has 7 heteroatoms. The molecule has 0 bridgehead atoms. The Labute approximate surface area is 105 Å². The van der Waals surface area contributed by atoms with Crippen LogP contribution in [0.25, 0.3) is 0 Å². The second kappa shape index (κ2) is 6.58. The van der Waals surface area contributed by atoms with Crippen molar-refractivity contribution in [3.05, 3.63) is 30.3 Å². The molecule has 0 unspecified atom stereocenters. The van der Waals surface area contributed by atoms with Crippen LogP contribution in [0.3, 0.4) is 0 Å². The normalized spacial score (nSPS) is 11.1. The van der Waals surface area contributed by atoms with E-state index in [0.29, 0.717) is 0 Å². The van der Waals surface area contributed by atoms with E-state index in [1.54, 1.807) is 18.2 Å². The van der Waals surface area contributed by atoms with E-state index < -0.39 is 10.0 Å². The second-order valence-corrected chi connectivity index (χ2v) is 5.23. The zero-order valence-electron chi connectivity index (χ0n) is 9.02. The van der Waals surface area contributed by atoms with Gasteiger partial charge in [0.1, 0.15) is 5.88 Å². The van der Waals surface area contributed by atoms with Crippen LogP contribution in [0.2, 0.25) is 0 Å². The van der Waals surface area contributed by atoms with Crippen molar-refractivity contribution >= 4 is 27.5 Å². The summed E-state index contributed by atoms with van der Waals surface area (Å²) < 4.78 is 25.8. The molecular weight excluding hydrogens is 264 g/mol. The Morgan fingerprint density at radius 1 is 1.18 bits per heavy atom. The van der Waals surface area contributed by atoms with Gasteiger partial charge in [-0.3, -0.25) is 4.79 Å². The van der Waals surface area contributed by atoms with Crippen LogP contribution in [0.4, 0.5) is 0 Å². The fraction of sp³-hybridized carbons (Fsp3) is 0.300. The number of alkyl halides is 1. The minimum atomic E-state index is -3.50. The minimum Gasteiger partial charge on any atom is -0.354 e. The molecule has 0 saturated heterocycles. The quantitative estimate of drug-likeness (QED) is 0.580. The number of hydrogen-bond donors (Lipinski definition) is 2. The average Bonchev–Trinajstić information content (AvgIpc) is 2.35. The van der Waals surface area contributed by atoms with Crippen LogP contribution in [0, 0.1) is 0 Å². The van der Waals surface area contributed by atoms with Gasteiger partial charge in [0.15, 0.2) is 0 Å². The number of benzene rings is 1. The maximum Gasteiger partial charge on any atom is 0.240 e. The Morgan fingerprint density at radius 2 is 1.82 bits per heavy atom. The van der Waals surface area contributed by atoms with Crippen molar-refractivity contribution in [2.45, 2.75) is 4.90 Å². The Morgan fingerprint density at radius 3 is 2.41 bits per heavy atom. The maximum atomic E-state index is 11.7. The lowest BCUT2D eigenvalue weighted by Gasteiger charge is -2.07. The van der Waals surface area contributed by atoms with Crippen LogP contribution < -0.4 is 10.0 Å². The Kier molecular flexibility index (Phi) is 5.40. The van der Waals surface area contributed by atoms with Crippen molar-refractivity contribution in [1.29, 1.82) is 0 Å². The summed E-state index contributed by atoms with van der Waals surface area (Å²) >= 11 is 5.27. The topological polar surface area (TPSA) is 75.3 Å². The number of carbonyl (C=O) groups is 1. The highest BCUT2D eigenvalue weighted by atomic mass is 35.5. The van der Waals surface area contributed by atoms with Gasteiger partial charge in [0, 0.05) is 13.1 Å². The molecule has 0 aliphatic carbocycles. The van der Waals surface area contributed by atoms with Gasteiger partial charge in [-0.15, -0.1) is 11.6 Å². The van der Waals surface area contributed by atoms with Gasteiger partial charge in [-0.2, -0.15) is 0 Å². The number of sulfonamides is 1. The number of rotatable bonds is 6. The Balaban J connectivity index is 2.44. The third kappa shape index (κ3) is 4.72. The molecule has 5 nitrogen and oxygen atoms in total. The first-order valence-corrected chi connectivity index (χ1v) is 6.95. The molecule has 0 saturated carbocycles. The van der Waals surface area contributed by atoms with E-state index in [1.807, 2.05) is 0 Å². The Hall–Kier alpha value is -1.11. The van der Waals surface area contributed by atoms with Crippen molar-refractivity contribution in [1.82, 2.24) is 10.0 Å². The average molecular weight is 277 g/mol. The molecule has 0 fully saturated rings. The van der Waals surface area contributed by atoms with Gasteiger partial charge in [0.2, 0.25) is 15.9 Å². The number of halogens is 1. The summed E-state index contributed by atoms with van der Waals surface area (Å²) in [5, 5.41) is 2.46. The van der Waals surface area contributed by atoms with Gasteiger partial charge in [-0.25, -0.2) is 13.1 Å². The lowest BCUT2D eigenvalue weighted by Crippen LogP contribution is -2.35. The van der Waals surface area contributed by atoms with E-state index in [1.165, 1.54) is 12.1 Å². The summed E-state index contributed by atoms with van der Waals surface area (Å²) in [7, 11) is -3.50. The van der Waals surface area contributed by atoms with E-state index in [2.05, 4.69) is 10.0 Å². The minimum absolute atomic E-state index is 0.125. The number of hydrogen-bond acceptors (Lipinski definition) is 3. The number of amides is 1. The molecule has 1 rings (SSSR count). The predicted octanol–water partition coefficient (Wildman–Crippen LogP) is 0.320. The predicted molar refractivity (Wildman–Crippen MR) is 65.4 cm³/mol. The van der Waals surface area contributed by atoms with Crippen LogP contribution in [0.15, 0.2) is 35.2 Å². The molecule has 94 valence electrons. The summed E-state index contributed by atoms with van der Waals surface area (Å²) in [6, 6.07) is 8.02. The highest BCUT2D eigenvalue weighted by molar-refractivity contribution is 7.89. The van der Waals surface area contributed by atoms with E-state index in [9.17, 15) is 13.2 Å². The Bertz CT molecular complexity index is 462. The van der Waals surface area contributed by atoms with Gasteiger partial charge in [0.25, 0.3) is 0 Å². The molecule has 0 aromatic heterocycles. The molecule has 1 aromatic rings. The van der Waals surface area contributed by atoms with Crippen molar-refractivity contribution in [3.8, 4) is 0 Å². The van der Waals surface area contributed by atoms with Gasteiger partial charge in [-0.05, 0) is 12.1 Å². The van der Waals surface area contributed by atoms with E-state index in [4.69, 9.17) is 11.6 Å². The standard InChI is InChI=1S/C10H13ClN2O3S/c11-8-10(14)12-6-7-13-17(15,16)9-4-2-1-3-5-9/h1-5,13H,6-8H2,(H,12,14). The zero-order chi connectivity index (χ0) is 12.7. The molecule has 0 heterocycles. The van der Waals surface area contributed by atoms with Gasteiger partial charge >= 0.3 is 0 Å². The molecule has 0 aliphatic rings. The fourth-order valence-electron chi connectivity index (χ4n) is 1.12. The van der Waals surface area contributed by atoms with Crippen molar-refractivity contribution in [2.75, 3.05) is 19.0 Å². The molecule has 17 heavy (non-hydrogen) atoms. The first-order chi connectivity index (χ1) is 8.06. The summed E-state index contributed by atoms with van der Waals surface area (Å²) in [5.41, 5.74) is 0. The van der Waals surface area contributed by atoms with E-state index in [-0.39, 0.29) is 29.8 Å². The summed E-state index contributed by atoms with van der Waals surface area (Å²) in [6.07, 6.45) is 0. The van der Waals surface area contributed by atoms with Crippen LogP contribution in [0.1, 0.15) is 0 Å². The van der Waals surface area contributed by atoms with E-state index in [0.717, 1.165) is 0 Å². The van der Waals surface area contributed by atoms with Gasteiger partial charge in [0.05, 0.1) is 4.90 Å². The second-order valence-electron chi connectivity index (χ2n) is 3.19. The van der Waals surface area contributed by atoms with E-state index >= 15 is 0 Å². The molecule has 0 radical (unpaired) electrons. The first-order valence-electron chi connectivity index (χ1n) is 4.93. The highest BCUT2D eigenvalue weighted by Gasteiger charge is 2.11. The SMILES string of the molecule is O=C(CCl)NCCNS(=O)(=O)c1ccccc1. The van der Waals surface area contributed by atoms with Crippen molar-refractivity contribution in [2.24, 2.45) is 0 Å². The van der Waals surface area contributed by atoms with Gasteiger partial charge < -0.3 is 5.32 Å². The highest BCUT2D eigenvalue weighted by Crippen LogP contribution is 2.06. The van der Waals surface area contributed by atoms with Crippen LogP contribution >= 0.6 is 11.6 Å². The number of carbonyl (C=O) groups excluding carboxylic acids is 1. The third-order valence-electron chi connectivity index (χ3n) is 1.91. The van der Waals surface area contributed by atoms with Crippen molar-refractivity contribution in [3.63, 3.8) is 0 Å². The molecule has 2 N–H and O–H groups in total. The number of nitrogens with one attached hydrogen (secondary N) is 2. The third-order valence-corrected chi connectivity index (χ3v) is 3.63. The lowest BCUT2D eigenvalue weighted by molar-refractivity contribution is -0.118. The fourth-order valence-corrected chi connectivity index (χ4v) is 2.26. The van der Waals surface area contributed by atoms with Crippen LogP contribution in [-0.2, 0) is 14.8 Å². The smallest absolute Gasteiger partial charge is 0.240 e. The largest absolute Gasteiger partial charge is 0.354 e. The van der Waals surface area contributed by atoms with Crippen LogP contribution in [0.5, 0.6) is 0 Å². The first kappa shape index (κ1) is 14.0. The van der Waals surface area contributed by atoms with Crippen LogP contribution in [-0.4, -0.2) is 33.3 Å². The molecule has 0 spiro atoms. The lowest BCUT2D eigenvalue weighted by atomic mass is 10.4. The molecule has 0 aliphatic heterocycles. The maximum absolute atomic E-state index is 11.7. The summed E-state index contributed by atoms with van der Waals surface area (Å²) in [4.78, 5) is 11.0. The summed E-state index contributed by atoms with van der Waals surface area (Å²) in [5.74, 6) is -0.462. The molecular formula is C10H13ClN2O3S. The monoisotopic (exact) mass is 276 g/mol. The summed E-state index contributed by atoms with van der Waals surface area (Å²) in [6.45, 7) is 0.331. The molecule has 1 aromatic carbocycles. The zero-order valence-corrected chi connectivity index (χ0v) is 10.6. The molecule has 1 amide bonds. The van der Waals surface area contributed by atoms with Crippen molar-refractivity contribution < 1.29 is 13.2 Å².